The van der Waals surface area contributed by atoms with Crippen LogP contribution in [0.25, 0.3) is 0 Å². The predicted octanol–water partition coefficient (Wildman–Crippen LogP) is 6.93. The summed E-state index contributed by atoms with van der Waals surface area (Å²) in [5, 5.41) is 6.83. The lowest BCUT2D eigenvalue weighted by molar-refractivity contribution is 0.101. The number of carbonyl (C=O) groups excluding carboxylic acids is 1. The summed E-state index contributed by atoms with van der Waals surface area (Å²) >= 11 is 0. The molecule has 32 heavy (non-hydrogen) atoms. The molecule has 0 amide bonds. The summed E-state index contributed by atoms with van der Waals surface area (Å²) in [5.74, 6) is 1.20. The standard InChI is InChI=1S/C27H31FN2O2/c1-8-27(7)13-19-16(5)23(24(19)30-26(27)21-12-9-15(4)32-21)29-25-20(28)11-10-18(14(2)3)22(25)17(6)31/h9-14,26,29-30H,5,8H2,1-4,6-7H3/t26-,27?/m0/s1. The Morgan fingerprint density at radius 2 is 2.03 bits per heavy atom. The third-order valence-corrected chi connectivity index (χ3v) is 6.79. The molecule has 2 atom stereocenters. The van der Waals surface area contributed by atoms with Gasteiger partial charge in [-0.1, -0.05) is 46.4 Å². The molecular weight excluding hydrogens is 403 g/mol. The number of benzene rings is 1. The van der Waals surface area contributed by atoms with E-state index in [0.29, 0.717) is 11.3 Å². The van der Waals surface area contributed by atoms with Crippen molar-refractivity contribution in [3.63, 3.8) is 0 Å². The number of hydrogen-bond donors (Lipinski definition) is 2. The Balaban J connectivity index is 1.80. The Kier molecular flexibility index (Phi) is 5.40. The second-order valence-electron chi connectivity index (χ2n) is 9.39. The number of anilines is 1. The molecule has 2 heterocycles. The zero-order valence-electron chi connectivity index (χ0n) is 19.7. The first-order valence-electron chi connectivity index (χ1n) is 11.2. The number of Topliss-reactive ketones (excluding diaryl/α,β-unsaturated/α-hetero) is 1. The maximum absolute atomic E-state index is 14.9. The van der Waals surface area contributed by atoms with E-state index in [4.69, 9.17) is 4.42 Å². The van der Waals surface area contributed by atoms with Gasteiger partial charge >= 0.3 is 0 Å². The van der Waals surface area contributed by atoms with Gasteiger partial charge in [-0.25, -0.2) is 4.39 Å². The van der Waals surface area contributed by atoms with Gasteiger partial charge in [-0.3, -0.25) is 4.79 Å². The van der Waals surface area contributed by atoms with Crippen molar-refractivity contribution in [1.29, 1.82) is 0 Å². The Labute approximate surface area is 189 Å². The van der Waals surface area contributed by atoms with Gasteiger partial charge < -0.3 is 15.1 Å². The predicted molar refractivity (Wildman–Crippen MR) is 126 cm³/mol. The van der Waals surface area contributed by atoms with E-state index >= 15 is 0 Å². The zero-order valence-corrected chi connectivity index (χ0v) is 19.7. The Morgan fingerprint density at radius 3 is 2.59 bits per heavy atom. The second-order valence-corrected chi connectivity index (χ2v) is 9.39. The van der Waals surface area contributed by atoms with Crippen LogP contribution in [0.3, 0.4) is 0 Å². The van der Waals surface area contributed by atoms with Crippen molar-refractivity contribution < 1.29 is 13.6 Å². The third-order valence-electron chi connectivity index (χ3n) is 6.79. The fourth-order valence-electron chi connectivity index (χ4n) is 4.69. The largest absolute Gasteiger partial charge is 0.464 e. The van der Waals surface area contributed by atoms with Gasteiger partial charge in [0.25, 0.3) is 0 Å². The first-order chi connectivity index (χ1) is 15.1. The molecule has 2 N–H and O–H groups in total. The fraction of sp³-hybridized carbons (Fsp3) is 0.370. The van der Waals surface area contributed by atoms with E-state index in [1.54, 1.807) is 6.07 Å². The molecule has 4 nitrogen and oxygen atoms in total. The van der Waals surface area contributed by atoms with E-state index in [1.165, 1.54) is 13.0 Å². The highest BCUT2D eigenvalue weighted by Gasteiger charge is 2.44. The third kappa shape index (κ3) is 3.40. The molecule has 1 aromatic heterocycles. The first kappa shape index (κ1) is 22.1. The van der Waals surface area contributed by atoms with E-state index < -0.39 is 5.82 Å². The number of nitrogens with one attached hydrogen (secondary N) is 2. The van der Waals surface area contributed by atoms with E-state index in [0.717, 1.165) is 40.3 Å². The Bertz CT molecular complexity index is 1180. The summed E-state index contributed by atoms with van der Waals surface area (Å²) in [6.45, 7) is 16.0. The van der Waals surface area contributed by atoms with Crippen LogP contribution in [0.4, 0.5) is 10.1 Å². The van der Waals surface area contributed by atoms with E-state index in [1.807, 2.05) is 32.9 Å². The van der Waals surface area contributed by atoms with Gasteiger partial charge in [-0.05, 0) is 49.9 Å². The summed E-state index contributed by atoms with van der Waals surface area (Å²) < 4.78 is 20.9. The minimum absolute atomic E-state index is 0.0658. The average molecular weight is 435 g/mol. The molecule has 2 aromatic rings. The lowest BCUT2D eigenvalue weighted by Gasteiger charge is -2.45. The molecule has 0 spiro atoms. The molecule has 0 saturated carbocycles. The lowest BCUT2D eigenvalue weighted by atomic mass is 9.70. The number of ketones is 1. The molecule has 0 radical (unpaired) electrons. The monoisotopic (exact) mass is 434 g/mol. The number of aryl methyl sites for hydroxylation is 1. The number of rotatable bonds is 6. The lowest BCUT2D eigenvalue weighted by Crippen LogP contribution is -2.43. The minimum Gasteiger partial charge on any atom is -0.464 e. The second kappa shape index (κ2) is 7.80. The van der Waals surface area contributed by atoms with E-state index in [9.17, 15) is 9.18 Å². The van der Waals surface area contributed by atoms with Crippen LogP contribution in [0.5, 0.6) is 0 Å². The van der Waals surface area contributed by atoms with Crippen molar-refractivity contribution in [3.05, 3.63) is 87.9 Å². The highest BCUT2D eigenvalue weighted by atomic mass is 19.1. The van der Waals surface area contributed by atoms with Crippen molar-refractivity contribution in [2.24, 2.45) is 5.41 Å². The molecule has 1 unspecified atom stereocenters. The SMILES string of the molecule is C=C1C2=CC(C)(CC)[C@H](c3ccc(C)o3)NC2=C1Nc1c(F)ccc(C(C)C)c1C(C)=O. The summed E-state index contributed by atoms with van der Waals surface area (Å²) in [5.41, 5.74) is 4.70. The molecule has 1 aliphatic carbocycles. The van der Waals surface area contributed by atoms with Crippen LogP contribution in [0.15, 0.2) is 63.9 Å². The van der Waals surface area contributed by atoms with Gasteiger partial charge in [-0.2, -0.15) is 0 Å². The minimum atomic E-state index is -0.453. The molecule has 0 saturated heterocycles. The summed E-state index contributed by atoms with van der Waals surface area (Å²) in [6.07, 6.45) is 3.15. The molecule has 168 valence electrons. The molecule has 2 aliphatic rings. The summed E-state index contributed by atoms with van der Waals surface area (Å²) in [7, 11) is 0. The number of furan rings is 1. The van der Waals surface area contributed by atoms with Crippen LogP contribution in [-0.2, 0) is 0 Å². The quantitative estimate of drug-likeness (QED) is 0.484. The van der Waals surface area contributed by atoms with Crippen molar-refractivity contribution >= 4 is 11.5 Å². The highest BCUT2D eigenvalue weighted by Crippen LogP contribution is 2.51. The Hall–Kier alpha value is -3.08. The normalized spacial score (nSPS) is 22.3. The van der Waals surface area contributed by atoms with Crippen LogP contribution >= 0.6 is 0 Å². The topological polar surface area (TPSA) is 54.3 Å². The molecule has 1 aromatic carbocycles. The van der Waals surface area contributed by atoms with Crippen LogP contribution in [-0.4, -0.2) is 5.78 Å². The number of fused-ring (bicyclic) bond motifs is 1. The van der Waals surface area contributed by atoms with Crippen molar-refractivity contribution in [3.8, 4) is 0 Å². The molecule has 1 aliphatic heterocycles. The smallest absolute Gasteiger partial charge is 0.162 e. The van der Waals surface area contributed by atoms with Gasteiger partial charge in [0, 0.05) is 22.1 Å². The zero-order chi connectivity index (χ0) is 23.4. The first-order valence-corrected chi connectivity index (χ1v) is 11.2. The highest BCUT2D eigenvalue weighted by molar-refractivity contribution is 6.02. The molecule has 0 bridgehead atoms. The van der Waals surface area contributed by atoms with Crippen LogP contribution in [0, 0.1) is 18.2 Å². The number of halogens is 1. The van der Waals surface area contributed by atoms with Gasteiger partial charge in [0.1, 0.15) is 17.3 Å². The molecular formula is C27H31FN2O2. The van der Waals surface area contributed by atoms with Gasteiger partial charge in [0.15, 0.2) is 5.78 Å². The van der Waals surface area contributed by atoms with Gasteiger partial charge in [0.05, 0.1) is 23.1 Å². The van der Waals surface area contributed by atoms with Gasteiger partial charge in [0.2, 0.25) is 0 Å². The van der Waals surface area contributed by atoms with Crippen LogP contribution in [0.2, 0.25) is 0 Å². The molecule has 0 fully saturated rings. The number of allylic oxidation sites excluding steroid dienone is 2. The average Bonchev–Trinajstić information content (AvgIpc) is 3.17. The Morgan fingerprint density at radius 1 is 1.31 bits per heavy atom. The van der Waals surface area contributed by atoms with E-state index in [2.05, 4.69) is 37.1 Å². The molecule has 4 rings (SSSR count). The van der Waals surface area contributed by atoms with Crippen LogP contribution < -0.4 is 10.6 Å². The summed E-state index contributed by atoms with van der Waals surface area (Å²) in [6, 6.07) is 7.02. The van der Waals surface area contributed by atoms with Crippen molar-refractivity contribution in [1.82, 2.24) is 5.32 Å². The van der Waals surface area contributed by atoms with E-state index in [-0.39, 0.29) is 28.8 Å². The maximum Gasteiger partial charge on any atom is 0.162 e. The maximum atomic E-state index is 14.9. The molecule has 5 heteroatoms. The van der Waals surface area contributed by atoms with Crippen molar-refractivity contribution in [2.75, 3.05) is 5.32 Å². The van der Waals surface area contributed by atoms with Crippen molar-refractivity contribution in [2.45, 2.75) is 59.9 Å². The fourth-order valence-corrected chi connectivity index (χ4v) is 4.69. The summed E-state index contributed by atoms with van der Waals surface area (Å²) in [4.78, 5) is 12.5. The van der Waals surface area contributed by atoms with Gasteiger partial charge in [-0.15, -0.1) is 0 Å². The number of hydrogen-bond acceptors (Lipinski definition) is 4. The van der Waals surface area contributed by atoms with Crippen LogP contribution in [0.1, 0.15) is 80.4 Å². The number of carbonyl (C=O) groups is 1.